The highest BCUT2D eigenvalue weighted by molar-refractivity contribution is 6.05. The van der Waals surface area contributed by atoms with E-state index in [0.717, 1.165) is 98.6 Å². The van der Waals surface area contributed by atoms with Crippen molar-refractivity contribution >= 4 is 47.0 Å². The van der Waals surface area contributed by atoms with Crippen molar-refractivity contribution in [2.24, 2.45) is 22.1 Å². The molecule has 4 aromatic rings. The number of hydrogen-bond donors (Lipinski definition) is 4. The molecular formula is C49H53N7O6. The monoisotopic (exact) mass is 835 g/mol. The molecular weight excluding hydrogens is 783 g/mol. The molecule has 6 aliphatic heterocycles. The van der Waals surface area contributed by atoms with Gasteiger partial charge in [0, 0.05) is 86.4 Å². The highest BCUT2D eigenvalue weighted by atomic mass is 16.4. The van der Waals surface area contributed by atoms with Gasteiger partial charge in [-0.05, 0) is 110 Å². The topological polar surface area (TPSA) is 172 Å². The molecule has 4 fully saturated rings. The zero-order valence-electron chi connectivity index (χ0n) is 34.8. The molecule has 4 aromatic carbocycles. The van der Waals surface area contributed by atoms with Crippen LogP contribution in [0.4, 0.5) is 17.1 Å². The van der Waals surface area contributed by atoms with Crippen LogP contribution in [0, 0.1) is 11.3 Å². The molecule has 4 saturated heterocycles. The van der Waals surface area contributed by atoms with E-state index in [0.29, 0.717) is 30.1 Å². The Kier molecular flexibility index (Phi) is 10.1. The van der Waals surface area contributed by atoms with E-state index in [-0.39, 0.29) is 41.7 Å². The van der Waals surface area contributed by atoms with Crippen LogP contribution in [0.3, 0.4) is 0 Å². The molecule has 0 aliphatic carbocycles. The molecule has 3 amide bonds. The summed E-state index contributed by atoms with van der Waals surface area (Å²) in [6.07, 6.45) is 7.07. The minimum Gasteiger partial charge on any atom is -0.506 e. The summed E-state index contributed by atoms with van der Waals surface area (Å²) in [6, 6.07) is 26.2. The number of anilines is 2. The fraction of sp³-hybridized carbons (Fsp3) is 0.408. The lowest BCUT2D eigenvalue weighted by Gasteiger charge is -2.36. The first-order valence-electron chi connectivity index (χ1n) is 22.1. The molecule has 6 heterocycles. The molecule has 0 saturated carbocycles. The quantitative estimate of drug-likeness (QED) is 0.151. The Morgan fingerprint density at radius 1 is 0.855 bits per heavy atom. The Morgan fingerprint density at radius 3 is 2.35 bits per heavy atom. The number of nitrogens with zero attached hydrogens (tertiary/aromatic N) is 5. The fourth-order valence-electron chi connectivity index (χ4n) is 11.3. The zero-order chi connectivity index (χ0) is 42.8. The number of nitrogens with one attached hydrogen (secondary N) is 1. The second kappa shape index (κ2) is 15.7. The van der Waals surface area contributed by atoms with E-state index in [9.17, 15) is 29.4 Å². The first-order valence-corrected chi connectivity index (χ1v) is 22.1. The van der Waals surface area contributed by atoms with Crippen LogP contribution in [0.25, 0.3) is 11.1 Å². The number of nitrogens with two attached hydrogens (primary N) is 1. The summed E-state index contributed by atoms with van der Waals surface area (Å²) in [5, 5.41) is 23.2. The molecule has 10 rings (SSSR count). The van der Waals surface area contributed by atoms with Crippen LogP contribution in [0.5, 0.6) is 5.75 Å². The Morgan fingerprint density at radius 2 is 1.60 bits per heavy atom. The Balaban J connectivity index is 0.755. The van der Waals surface area contributed by atoms with Gasteiger partial charge in [-0.25, -0.2) is 0 Å². The summed E-state index contributed by atoms with van der Waals surface area (Å²) in [4.78, 5) is 63.5. The van der Waals surface area contributed by atoms with Crippen LogP contribution >= 0.6 is 0 Å². The first kappa shape index (κ1) is 40.0. The number of aromatic hydroxyl groups is 1. The predicted octanol–water partition coefficient (Wildman–Crippen LogP) is 5.44. The molecule has 0 bridgehead atoms. The molecule has 4 atom stereocenters. The number of carbonyl (C=O) groups excluding carboxylic acids is 3. The average Bonchev–Trinajstić information content (AvgIpc) is 4.07. The van der Waals surface area contributed by atoms with Gasteiger partial charge in [-0.15, -0.1) is 0 Å². The van der Waals surface area contributed by atoms with E-state index in [1.54, 1.807) is 17.2 Å². The highest BCUT2D eigenvalue weighted by Gasteiger charge is 2.46. The number of likely N-dealkylation sites (tertiary alicyclic amines) is 1. The van der Waals surface area contributed by atoms with Gasteiger partial charge >= 0.3 is 5.97 Å². The molecule has 0 aromatic heterocycles. The zero-order valence-corrected chi connectivity index (χ0v) is 34.8. The third-order valence-corrected chi connectivity index (χ3v) is 14.7. The third kappa shape index (κ3) is 7.10. The van der Waals surface area contributed by atoms with Gasteiger partial charge in [0.05, 0.1) is 5.41 Å². The van der Waals surface area contributed by atoms with E-state index in [1.165, 1.54) is 12.1 Å². The Bertz CT molecular complexity index is 2470. The van der Waals surface area contributed by atoms with Gasteiger partial charge in [-0.2, -0.15) is 0 Å². The normalized spacial score (nSPS) is 25.5. The van der Waals surface area contributed by atoms with Crippen LogP contribution < -0.4 is 20.9 Å². The molecule has 2 unspecified atom stereocenters. The Labute approximate surface area is 361 Å². The summed E-state index contributed by atoms with van der Waals surface area (Å²) in [5.41, 5.74) is 13.4. The molecule has 6 aliphatic rings. The minimum atomic E-state index is -1.13. The summed E-state index contributed by atoms with van der Waals surface area (Å²) in [7, 11) is 0. The van der Waals surface area contributed by atoms with Gasteiger partial charge in [-0.1, -0.05) is 48.5 Å². The number of carboxylic acids is 1. The van der Waals surface area contributed by atoms with E-state index in [2.05, 4.69) is 61.4 Å². The molecule has 13 nitrogen and oxygen atoms in total. The maximum atomic E-state index is 13.3. The summed E-state index contributed by atoms with van der Waals surface area (Å²) in [6.45, 7) is 7.72. The summed E-state index contributed by atoms with van der Waals surface area (Å²) in [5.74, 6) is -1.18. The summed E-state index contributed by atoms with van der Waals surface area (Å²) >= 11 is 0. The van der Waals surface area contributed by atoms with E-state index in [1.807, 2.05) is 42.5 Å². The molecule has 1 spiro atoms. The third-order valence-electron chi connectivity index (χ3n) is 14.7. The van der Waals surface area contributed by atoms with Crippen molar-refractivity contribution in [3.05, 3.63) is 107 Å². The number of aliphatic imine (C=N–C) groups is 1. The average molecular weight is 836 g/mol. The number of fused-ring (bicyclic) bond motifs is 2. The van der Waals surface area contributed by atoms with Crippen LogP contribution in [-0.2, 0) is 26.3 Å². The lowest BCUT2D eigenvalue weighted by atomic mass is 9.69. The largest absolute Gasteiger partial charge is 0.506 e. The number of amides is 3. The van der Waals surface area contributed by atoms with Gasteiger partial charge in [0.25, 0.3) is 5.91 Å². The SMILES string of the molecule is N[C@@H](C[C@@]1(c2ccccc2)C=Nc2c(O)ccc(-c3ccc(N4CCC(CN5CCC6(CCN(c7ccc8c(c7)CN(C7CCC(=O)NC7=O)C8=O)C6)C5)CC4)cc3)c21)C(=O)O. The second-order valence-electron chi connectivity index (χ2n) is 18.5. The van der Waals surface area contributed by atoms with Gasteiger partial charge in [0.15, 0.2) is 0 Å². The minimum absolute atomic E-state index is 0.0490. The van der Waals surface area contributed by atoms with Crippen LogP contribution in [-0.4, -0.2) is 108 Å². The van der Waals surface area contributed by atoms with Crippen molar-refractivity contribution in [1.82, 2.24) is 15.1 Å². The van der Waals surface area contributed by atoms with Crippen molar-refractivity contribution in [1.29, 1.82) is 0 Å². The standard InChI is InChI=1S/C49H53N7O6/c50-39(47(61)62)25-49(34-4-2-1-3-5-34)28-51-44-41(57)14-12-37(43(44)49)32-6-8-35(9-7-32)54-20-16-31(17-21-54)26-53-22-18-48(29-53)19-23-55(30-48)36-10-11-38-33(24-36)27-56(46(38)60)40-13-15-42(58)52-45(40)59/h1-12,14,24,28,31,39-40,57H,13,15-23,25-27,29-30,50H2,(H,61,62)(H,52,58,59)/t39-,40?,48?,49-/m0/s1. The maximum absolute atomic E-state index is 13.3. The van der Waals surface area contributed by atoms with Gasteiger partial charge in [-0.3, -0.25) is 29.5 Å². The number of carbonyl (C=O) groups is 4. The number of phenols is 1. The van der Waals surface area contributed by atoms with Gasteiger partial charge in [0.1, 0.15) is 23.5 Å². The number of hydrogen-bond acceptors (Lipinski definition) is 10. The van der Waals surface area contributed by atoms with Crippen molar-refractivity contribution in [2.75, 3.05) is 55.6 Å². The maximum Gasteiger partial charge on any atom is 0.320 e. The van der Waals surface area contributed by atoms with E-state index >= 15 is 0 Å². The van der Waals surface area contributed by atoms with Crippen molar-refractivity contribution < 1.29 is 29.4 Å². The van der Waals surface area contributed by atoms with E-state index < -0.39 is 23.5 Å². The molecule has 5 N–H and O–H groups in total. The Hall–Kier alpha value is -6.05. The number of benzene rings is 4. The number of carboxylic acid groups (broad SMARTS) is 1. The number of phenolic OH excluding ortho intramolecular Hbond substituents is 1. The lowest BCUT2D eigenvalue weighted by Crippen LogP contribution is -2.52. The van der Waals surface area contributed by atoms with E-state index in [4.69, 9.17) is 5.73 Å². The molecule has 0 radical (unpaired) electrons. The highest BCUT2D eigenvalue weighted by Crippen LogP contribution is 2.52. The van der Waals surface area contributed by atoms with Crippen LogP contribution in [0.1, 0.15) is 72.0 Å². The van der Waals surface area contributed by atoms with Crippen molar-refractivity contribution in [3.63, 3.8) is 0 Å². The fourth-order valence-corrected chi connectivity index (χ4v) is 11.3. The molecule has 320 valence electrons. The number of piperidine rings is 2. The smallest absolute Gasteiger partial charge is 0.320 e. The lowest BCUT2D eigenvalue weighted by molar-refractivity contribution is -0.139. The number of imide groups is 1. The van der Waals surface area contributed by atoms with Crippen LogP contribution in [0.2, 0.25) is 0 Å². The second-order valence-corrected chi connectivity index (χ2v) is 18.5. The van der Waals surface area contributed by atoms with Gasteiger partial charge < -0.3 is 35.5 Å². The van der Waals surface area contributed by atoms with Crippen molar-refractivity contribution in [2.45, 2.75) is 69.0 Å². The van der Waals surface area contributed by atoms with Crippen molar-refractivity contribution in [3.8, 4) is 16.9 Å². The molecule has 62 heavy (non-hydrogen) atoms. The number of aliphatic carboxylic acids is 1. The molecule has 13 heteroatoms. The first-order chi connectivity index (χ1) is 30.0. The summed E-state index contributed by atoms with van der Waals surface area (Å²) < 4.78 is 0. The predicted molar refractivity (Wildman–Crippen MR) is 237 cm³/mol. The number of rotatable bonds is 10. The van der Waals surface area contributed by atoms with Crippen LogP contribution in [0.15, 0.2) is 89.9 Å². The van der Waals surface area contributed by atoms with Gasteiger partial charge in [0.2, 0.25) is 11.8 Å².